The van der Waals surface area contributed by atoms with Crippen molar-refractivity contribution in [1.29, 1.82) is 0 Å². The number of rotatable bonds is 11. The molecule has 2 rings (SSSR count). The van der Waals surface area contributed by atoms with Crippen molar-refractivity contribution in [2.24, 2.45) is 0 Å². The lowest BCUT2D eigenvalue weighted by molar-refractivity contribution is 0.455. The Morgan fingerprint density at radius 3 is 2.32 bits per heavy atom. The molecule has 0 aliphatic rings. The summed E-state index contributed by atoms with van der Waals surface area (Å²) in [6.07, 6.45) is 2.62. The van der Waals surface area contributed by atoms with Crippen LogP contribution in [0.25, 0.3) is 5.70 Å². The topological polar surface area (TPSA) is 27.3 Å². The zero-order valence-corrected chi connectivity index (χ0v) is 21.0. The number of halogens is 3. The Morgan fingerprint density at radius 2 is 1.76 bits per heavy atom. The zero-order chi connectivity index (χ0) is 25.4. The molecule has 2 N–H and O–H groups in total. The van der Waals surface area contributed by atoms with Crippen molar-refractivity contribution in [2.75, 3.05) is 19.0 Å². The lowest BCUT2D eigenvalue weighted by atomic mass is 10.1. The van der Waals surface area contributed by atoms with Crippen LogP contribution in [0.3, 0.4) is 0 Å². The number of anilines is 1. The number of nitrogens with one attached hydrogen (secondary N) is 2. The van der Waals surface area contributed by atoms with E-state index in [0.717, 1.165) is 11.8 Å². The molecule has 180 valence electrons. The van der Waals surface area contributed by atoms with Crippen LogP contribution in [0.5, 0.6) is 0 Å². The van der Waals surface area contributed by atoms with Crippen LogP contribution in [-0.2, 0) is 6.54 Å². The summed E-state index contributed by atoms with van der Waals surface area (Å²) in [7, 11) is 1.70. The molecule has 0 amide bonds. The molecule has 0 unspecified atom stereocenters. The summed E-state index contributed by atoms with van der Waals surface area (Å²) >= 11 is 6.50. The van der Waals surface area contributed by atoms with Crippen LogP contribution in [0, 0.1) is 13.8 Å². The maximum absolute atomic E-state index is 14.0. The summed E-state index contributed by atoms with van der Waals surface area (Å²) in [6, 6.07) is 12.0. The number of alkyl halides is 1. The normalized spacial score (nSPS) is 12.0. The van der Waals surface area contributed by atoms with E-state index in [1.54, 1.807) is 24.9 Å². The average molecular weight is 484 g/mol. The highest BCUT2D eigenvalue weighted by Crippen LogP contribution is 2.31. The van der Waals surface area contributed by atoms with Crippen molar-refractivity contribution in [1.82, 2.24) is 10.2 Å². The largest absolute Gasteiger partial charge is 0.381 e. The van der Waals surface area contributed by atoms with E-state index in [1.807, 2.05) is 12.1 Å². The number of aryl methyl sites for hydroxylation is 2. The first-order valence-electron chi connectivity index (χ1n) is 10.8. The van der Waals surface area contributed by atoms with Crippen LogP contribution < -0.4 is 10.6 Å². The standard InChI is InChI=1S/C28H32ClF2N3/c1-8-27(33-18(2)3)28(14-23(31)16-30)34(7)21(6)25-15-24(9-10-26(25)29)32-17-22-12-19(4)11-20(5)13-22/h8-15,32-33H,1-2,6,16-17H2,3-5,7H3/b23-14+,28-27-. The predicted molar refractivity (Wildman–Crippen MR) is 142 cm³/mol. The molecule has 34 heavy (non-hydrogen) atoms. The van der Waals surface area contributed by atoms with Gasteiger partial charge in [-0.05, 0) is 56.7 Å². The molecule has 0 aromatic heterocycles. The number of allylic oxidation sites excluding steroid dienone is 4. The molecule has 0 atom stereocenters. The molecule has 0 bridgehead atoms. The number of benzene rings is 2. The zero-order valence-electron chi connectivity index (χ0n) is 20.2. The molecular weight excluding hydrogens is 452 g/mol. The molecule has 3 nitrogen and oxygen atoms in total. The maximum atomic E-state index is 14.0. The number of hydrogen-bond donors (Lipinski definition) is 2. The first-order chi connectivity index (χ1) is 16.0. The quantitative estimate of drug-likeness (QED) is 0.319. The molecule has 0 spiro atoms. The Hall–Kier alpha value is -3.31. The third kappa shape index (κ3) is 7.35. The van der Waals surface area contributed by atoms with Crippen LogP contribution in [0.2, 0.25) is 5.02 Å². The Kier molecular flexibility index (Phi) is 9.69. The van der Waals surface area contributed by atoms with Crippen molar-refractivity contribution in [3.05, 3.63) is 118 Å². The van der Waals surface area contributed by atoms with Gasteiger partial charge in [0, 0.05) is 36.2 Å². The summed E-state index contributed by atoms with van der Waals surface area (Å²) in [6.45, 7) is 17.1. The molecule has 0 saturated heterocycles. The Labute approximate surface area is 206 Å². The van der Waals surface area contributed by atoms with E-state index in [-0.39, 0.29) is 0 Å². The highest BCUT2D eigenvalue weighted by atomic mass is 35.5. The minimum absolute atomic E-state index is 0.336. The van der Waals surface area contributed by atoms with Gasteiger partial charge in [-0.2, -0.15) is 0 Å². The molecule has 2 aromatic rings. The Bertz CT molecular complexity index is 1130. The van der Waals surface area contributed by atoms with Crippen molar-refractivity contribution >= 4 is 23.0 Å². The fourth-order valence-electron chi connectivity index (χ4n) is 3.55. The molecule has 0 aliphatic heterocycles. The van der Waals surface area contributed by atoms with Gasteiger partial charge < -0.3 is 15.5 Å². The van der Waals surface area contributed by atoms with Gasteiger partial charge in [-0.3, -0.25) is 0 Å². The van der Waals surface area contributed by atoms with Crippen LogP contribution in [0.1, 0.15) is 29.2 Å². The van der Waals surface area contributed by atoms with Crippen molar-refractivity contribution < 1.29 is 8.78 Å². The van der Waals surface area contributed by atoms with E-state index >= 15 is 0 Å². The van der Waals surface area contributed by atoms with E-state index in [9.17, 15) is 8.78 Å². The summed E-state index contributed by atoms with van der Waals surface area (Å²) in [5.74, 6) is -0.924. The second-order valence-corrected chi connectivity index (χ2v) is 8.59. The fourth-order valence-corrected chi connectivity index (χ4v) is 3.78. The van der Waals surface area contributed by atoms with E-state index in [4.69, 9.17) is 11.6 Å². The van der Waals surface area contributed by atoms with E-state index in [2.05, 4.69) is 62.4 Å². The minimum atomic E-state index is -1.22. The number of nitrogens with zero attached hydrogens (tertiary/aromatic N) is 1. The molecule has 0 heterocycles. The van der Waals surface area contributed by atoms with Crippen molar-refractivity contribution in [3.63, 3.8) is 0 Å². The van der Waals surface area contributed by atoms with Crippen molar-refractivity contribution in [2.45, 2.75) is 27.3 Å². The van der Waals surface area contributed by atoms with Gasteiger partial charge in [-0.15, -0.1) is 0 Å². The summed E-state index contributed by atoms with van der Waals surface area (Å²) < 4.78 is 26.9. The second-order valence-electron chi connectivity index (χ2n) is 8.18. The minimum Gasteiger partial charge on any atom is -0.381 e. The molecule has 6 heteroatoms. The van der Waals surface area contributed by atoms with Gasteiger partial charge in [0.2, 0.25) is 0 Å². The smallest absolute Gasteiger partial charge is 0.141 e. The lowest BCUT2D eigenvalue weighted by Gasteiger charge is -2.27. The van der Waals surface area contributed by atoms with Gasteiger partial charge in [-0.1, -0.05) is 60.7 Å². The number of hydrogen-bond acceptors (Lipinski definition) is 3. The Morgan fingerprint density at radius 1 is 1.12 bits per heavy atom. The highest BCUT2D eigenvalue weighted by molar-refractivity contribution is 6.32. The van der Waals surface area contributed by atoms with Gasteiger partial charge in [0.1, 0.15) is 12.5 Å². The van der Waals surface area contributed by atoms with E-state index in [0.29, 0.717) is 39.9 Å². The summed E-state index contributed by atoms with van der Waals surface area (Å²) in [5, 5.41) is 6.92. The summed E-state index contributed by atoms with van der Waals surface area (Å²) in [4.78, 5) is 1.64. The molecule has 0 saturated carbocycles. The summed E-state index contributed by atoms with van der Waals surface area (Å²) in [5.41, 5.74) is 7.01. The van der Waals surface area contributed by atoms with Crippen LogP contribution >= 0.6 is 11.6 Å². The predicted octanol–water partition coefficient (Wildman–Crippen LogP) is 7.82. The third-order valence-corrected chi connectivity index (χ3v) is 5.40. The molecule has 0 aliphatic carbocycles. The van der Waals surface area contributed by atoms with Gasteiger partial charge in [0.15, 0.2) is 0 Å². The van der Waals surface area contributed by atoms with Gasteiger partial charge in [-0.25, -0.2) is 8.78 Å². The molecule has 0 fully saturated rings. The van der Waals surface area contributed by atoms with E-state index in [1.165, 1.54) is 22.8 Å². The SMILES string of the molecule is C=C/C(NC(=C)C)=C(\C=C(\F)CF)N(C)C(=C)c1cc(NCc2cc(C)cc(C)c2)ccc1Cl. The number of likely N-dealkylation sites (N-methyl/N-ethyl adjacent to an activating group) is 1. The van der Waals surface area contributed by atoms with Crippen LogP contribution in [0.15, 0.2) is 91.2 Å². The first kappa shape index (κ1) is 26.9. The highest BCUT2D eigenvalue weighted by Gasteiger charge is 2.16. The van der Waals surface area contributed by atoms with E-state index < -0.39 is 12.5 Å². The van der Waals surface area contributed by atoms with Crippen LogP contribution in [-0.4, -0.2) is 18.6 Å². The monoisotopic (exact) mass is 483 g/mol. The van der Waals surface area contributed by atoms with Gasteiger partial charge >= 0.3 is 0 Å². The Balaban J connectivity index is 2.38. The van der Waals surface area contributed by atoms with Gasteiger partial charge in [0.25, 0.3) is 0 Å². The molecule has 2 aromatic carbocycles. The molecule has 0 radical (unpaired) electrons. The molecular formula is C28H32ClF2N3. The maximum Gasteiger partial charge on any atom is 0.141 e. The fraction of sp³-hybridized carbons (Fsp3) is 0.214. The first-order valence-corrected chi connectivity index (χ1v) is 11.2. The second kappa shape index (κ2) is 12.2. The lowest BCUT2D eigenvalue weighted by Crippen LogP contribution is -2.21. The average Bonchev–Trinajstić information content (AvgIpc) is 2.78. The third-order valence-electron chi connectivity index (χ3n) is 5.07. The van der Waals surface area contributed by atoms with Crippen LogP contribution in [0.4, 0.5) is 14.5 Å². The van der Waals surface area contributed by atoms with Crippen molar-refractivity contribution in [3.8, 4) is 0 Å². The van der Waals surface area contributed by atoms with Gasteiger partial charge in [0.05, 0.1) is 16.4 Å².